The summed E-state index contributed by atoms with van der Waals surface area (Å²) < 4.78 is 1.26. The fourth-order valence-corrected chi connectivity index (χ4v) is 4.16. The molecule has 3 amide bonds. The standard InChI is InChI=1S/C21H18BrN3O3S2/c1-13-2-4-14(5-3-13)12-17-20(28)25(21(29)30-17)11-10-18(26)23-24-19(27)15-6-8-16(22)9-7-15/h2-9,12H,10-11H2,1H3,(H,23,26)(H,24,27). The first-order valence-corrected chi connectivity index (χ1v) is 11.0. The molecule has 9 heteroatoms. The van der Waals surface area contributed by atoms with Crippen molar-refractivity contribution in [2.75, 3.05) is 6.54 Å². The van der Waals surface area contributed by atoms with Crippen molar-refractivity contribution in [2.45, 2.75) is 13.3 Å². The van der Waals surface area contributed by atoms with Crippen LogP contribution >= 0.6 is 39.9 Å². The third-order valence-electron chi connectivity index (χ3n) is 4.23. The fraction of sp³-hybridized carbons (Fsp3) is 0.143. The molecule has 0 atom stereocenters. The van der Waals surface area contributed by atoms with Gasteiger partial charge in [-0.3, -0.25) is 30.1 Å². The average Bonchev–Trinajstić information content (AvgIpc) is 2.99. The van der Waals surface area contributed by atoms with Gasteiger partial charge in [-0.2, -0.15) is 0 Å². The van der Waals surface area contributed by atoms with Crippen LogP contribution in [0.4, 0.5) is 0 Å². The Kier molecular flexibility index (Phi) is 7.41. The van der Waals surface area contributed by atoms with Gasteiger partial charge < -0.3 is 0 Å². The minimum Gasteiger partial charge on any atom is -0.292 e. The summed E-state index contributed by atoms with van der Waals surface area (Å²) in [4.78, 5) is 38.6. The Bertz CT molecular complexity index is 1020. The lowest BCUT2D eigenvalue weighted by atomic mass is 10.1. The lowest BCUT2D eigenvalue weighted by molar-refractivity contribution is -0.124. The van der Waals surface area contributed by atoms with Gasteiger partial charge in [-0.15, -0.1) is 0 Å². The molecule has 0 radical (unpaired) electrons. The molecule has 1 fully saturated rings. The summed E-state index contributed by atoms with van der Waals surface area (Å²) in [5, 5.41) is 0. The van der Waals surface area contributed by atoms with Crippen molar-refractivity contribution in [2.24, 2.45) is 0 Å². The molecule has 30 heavy (non-hydrogen) atoms. The van der Waals surface area contributed by atoms with Crippen LogP contribution in [0.5, 0.6) is 0 Å². The van der Waals surface area contributed by atoms with Crippen molar-refractivity contribution >= 4 is 68.0 Å². The second-order valence-electron chi connectivity index (χ2n) is 6.50. The van der Waals surface area contributed by atoms with E-state index >= 15 is 0 Å². The Labute approximate surface area is 192 Å². The second kappa shape index (κ2) is 10.0. The lowest BCUT2D eigenvalue weighted by Gasteiger charge is -2.14. The first-order chi connectivity index (χ1) is 14.3. The maximum absolute atomic E-state index is 12.6. The number of benzene rings is 2. The van der Waals surface area contributed by atoms with Gasteiger partial charge in [-0.25, -0.2) is 0 Å². The number of thiocarbonyl (C=S) groups is 1. The Balaban J connectivity index is 1.51. The Morgan fingerprint density at radius 2 is 1.77 bits per heavy atom. The molecule has 0 aromatic heterocycles. The quantitative estimate of drug-likeness (QED) is 0.368. The monoisotopic (exact) mass is 503 g/mol. The van der Waals surface area contributed by atoms with Crippen molar-refractivity contribution in [3.8, 4) is 0 Å². The average molecular weight is 504 g/mol. The maximum atomic E-state index is 12.6. The van der Waals surface area contributed by atoms with Crippen molar-refractivity contribution in [3.63, 3.8) is 0 Å². The van der Waals surface area contributed by atoms with E-state index < -0.39 is 11.8 Å². The maximum Gasteiger partial charge on any atom is 0.269 e. The van der Waals surface area contributed by atoms with Gasteiger partial charge >= 0.3 is 0 Å². The van der Waals surface area contributed by atoms with Gasteiger partial charge in [0.1, 0.15) is 4.32 Å². The van der Waals surface area contributed by atoms with E-state index in [1.807, 2.05) is 31.2 Å². The Morgan fingerprint density at radius 1 is 1.10 bits per heavy atom. The van der Waals surface area contributed by atoms with Gasteiger partial charge in [0.15, 0.2) is 0 Å². The van der Waals surface area contributed by atoms with Crippen LogP contribution in [-0.2, 0) is 9.59 Å². The summed E-state index contributed by atoms with van der Waals surface area (Å²) >= 11 is 9.79. The summed E-state index contributed by atoms with van der Waals surface area (Å²) in [6, 6.07) is 14.5. The number of nitrogens with one attached hydrogen (secondary N) is 2. The molecule has 1 saturated heterocycles. The van der Waals surface area contributed by atoms with Crippen LogP contribution in [0.15, 0.2) is 57.9 Å². The number of thioether (sulfide) groups is 1. The van der Waals surface area contributed by atoms with Crippen LogP contribution in [0, 0.1) is 6.92 Å². The molecule has 3 rings (SSSR count). The van der Waals surface area contributed by atoms with Gasteiger partial charge in [-0.1, -0.05) is 69.7 Å². The lowest BCUT2D eigenvalue weighted by Crippen LogP contribution is -2.43. The smallest absolute Gasteiger partial charge is 0.269 e. The van der Waals surface area contributed by atoms with E-state index in [2.05, 4.69) is 26.8 Å². The largest absolute Gasteiger partial charge is 0.292 e. The molecule has 0 bridgehead atoms. The molecule has 2 N–H and O–H groups in total. The van der Waals surface area contributed by atoms with Crippen molar-refractivity contribution in [1.82, 2.24) is 15.8 Å². The number of hydrogen-bond acceptors (Lipinski definition) is 5. The minimum absolute atomic E-state index is 0.00483. The van der Waals surface area contributed by atoms with Crippen LogP contribution in [-0.4, -0.2) is 33.5 Å². The van der Waals surface area contributed by atoms with Crippen molar-refractivity contribution in [3.05, 3.63) is 74.6 Å². The molecule has 154 valence electrons. The summed E-state index contributed by atoms with van der Waals surface area (Å²) in [6.07, 6.45) is 1.79. The molecule has 2 aromatic rings. The normalized spacial score (nSPS) is 14.9. The van der Waals surface area contributed by atoms with Crippen molar-refractivity contribution in [1.29, 1.82) is 0 Å². The number of carbonyl (C=O) groups excluding carboxylic acids is 3. The van der Waals surface area contributed by atoms with Gasteiger partial charge in [0.25, 0.3) is 11.8 Å². The topological polar surface area (TPSA) is 78.5 Å². The number of aryl methyl sites for hydroxylation is 1. The number of hydrazine groups is 1. The Morgan fingerprint density at radius 3 is 2.43 bits per heavy atom. The highest BCUT2D eigenvalue weighted by Gasteiger charge is 2.32. The predicted molar refractivity (Wildman–Crippen MR) is 125 cm³/mol. The molecular weight excluding hydrogens is 486 g/mol. The van der Waals surface area contributed by atoms with E-state index in [1.165, 1.54) is 16.7 Å². The number of carbonyl (C=O) groups is 3. The van der Waals surface area contributed by atoms with Gasteiger partial charge in [0.2, 0.25) is 5.91 Å². The zero-order valence-corrected chi connectivity index (χ0v) is 19.2. The third-order valence-corrected chi connectivity index (χ3v) is 6.14. The molecule has 0 spiro atoms. The van der Waals surface area contributed by atoms with E-state index in [9.17, 15) is 14.4 Å². The fourth-order valence-electron chi connectivity index (χ4n) is 2.58. The van der Waals surface area contributed by atoms with Crippen LogP contribution < -0.4 is 10.9 Å². The SMILES string of the molecule is Cc1ccc(C=C2SC(=S)N(CCC(=O)NNC(=O)c3ccc(Br)cc3)C2=O)cc1. The molecule has 6 nitrogen and oxygen atoms in total. The highest BCUT2D eigenvalue weighted by molar-refractivity contribution is 9.10. The van der Waals surface area contributed by atoms with Crippen LogP contribution in [0.25, 0.3) is 6.08 Å². The molecule has 1 aliphatic rings. The van der Waals surface area contributed by atoms with E-state index in [-0.39, 0.29) is 18.9 Å². The van der Waals surface area contributed by atoms with E-state index in [0.717, 1.165) is 15.6 Å². The second-order valence-corrected chi connectivity index (χ2v) is 9.09. The summed E-state index contributed by atoms with van der Waals surface area (Å²) in [6.45, 7) is 2.13. The highest BCUT2D eigenvalue weighted by Crippen LogP contribution is 2.32. The van der Waals surface area contributed by atoms with E-state index in [4.69, 9.17) is 12.2 Å². The molecule has 2 aromatic carbocycles. The van der Waals surface area contributed by atoms with Gasteiger partial charge in [-0.05, 0) is 42.8 Å². The zero-order valence-electron chi connectivity index (χ0n) is 16.0. The number of rotatable bonds is 5. The van der Waals surface area contributed by atoms with Crippen LogP contribution in [0.3, 0.4) is 0 Å². The zero-order chi connectivity index (χ0) is 21.7. The minimum atomic E-state index is -0.428. The van der Waals surface area contributed by atoms with E-state index in [1.54, 1.807) is 30.3 Å². The summed E-state index contributed by atoms with van der Waals surface area (Å²) in [7, 11) is 0. The number of halogens is 1. The first-order valence-electron chi connectivity index (χ1n) is 9.00. The van der Waals surface area contributed by atoms with Crippen molar-refractivity contribution < 1.29 is 14.4 Å². The molecule has 1 aliphatic heterocycles. The van der Waals surface area contributed by atoms with Crippen LogP contribution in [0.1, 0.15) is 27.9 Å². The first kappa shape index (κ1) is 22.2. The molecule has 0 aliphatic carbocycles. The van der Waals surface area contributed by atoms with Gasteiger partial charge in [0, 0.05) is 23.0 Å². The van der Waals surface area contributed by atoms with Gasteiger partial charge in [0.05, 0.1) is 4.91 Å². The number of nitrogens with zero attached hydrogens (tertiary/aromatic N) is 1. The number of hydrogen-bond donors (Lipinski definition) is 2. The molecule has 0 unspecified atom stereocenters. The summed E-state index contributed by atoms with van der Waals surface area (Å²) in [5.74, 6) is -1.07. The Hall–Kier alpha value is -2.49. The molecule has 0 saturated carbocycles. The summed E-state index contributed by atoms with van der Waals surface area (Å²) in [5.41, 5.74) is 7.17. The molecular formula is C21H18BrN3O3S2. The molecule has 1 heterocycles. The highest BCUT2D eigenvalue weighted by atomic mass is 79.9. The van der Waals surface area contributed by atoms with E-state index in [0.29, 0.717) is 14.8 Å². The third kappa shape index (κ3) is 5.78. The number of amides is 3. The predicted octanol–water partition coefficient (Wildman–Crippen LogP) is 3.81. The van der Waals surface area contributed by atoms with Crippen LogP contribution in [0.2, 0.25) is 0 Å².